The molecule has 5 heteroatoms. The van der Waals surface area contributed by atoms with Gasteiger partial charge in [-0.3, -0.25) is 4.99 Å². The third kappa shape index (κ3) is 5.13. The van der Waals surface area contributed by atoms with Crippen LogP contribution in [0.5, 0.6) is 0 Å². The Morgan fingerprint density at radius 1 is 1.21 bits per heavy atom. The van der Waals surface area contributed by atoms with Gasteiger partial charge in [-0.15, -0.1) is 0 Å². The summed E-state index contributed by atoms with van der Waals surface area (Å²) in [5.74, 6) is 0.880. The van der Waals surface area contributed by atoms with Gasteiger partial charge in [0.2, 0.25) is 0 Å². The Morgan fingerprint density at radius 2 is 1.97 bits per heavy atom. The topological polar surface area (TPSA) is 54.0 Å². The SMILES string of the molecule is C=C\N=C(/C=C/N=C/c1cccc(C)c1Cl)N1CCC2(CC1)CC1=C(/C=C\CC/C=C/1)C2N. The molecule has 4 nitrogen and oxygen atoms in total. The van der Waals surface area contributed by atoms with Crippen molar-refractivity contribution >= 4 is 23.7 Å². The molecule has 1 saturated heterocycles. The van der Waals surface area contributed by atoms with Crippen molar-refractivity contribution in [1.82, 2.24) is 4.90 Å². The van der Waals surface area contributed by atoms with Crippen LogP contribution in [-0.4, -0.2) is 36.1 Å². The molecule has 1 fully saturated rings. The smallest absolute Gasteiger partial charge is 0.129 e. The number of halogens is 1. The average Bonchev–Trinajstić information content (AvgIpc) is 3.04. The van der Waals surface area contributed by atoms with Crippen LogP contribution in [0.15, 0.2) is 88.7 Å². The summed E-state index contributed by atoms with van der Waals surface area (Å²) in [7, 11) is 0. The number of nitrogens with zero attached hydrogens (tertiary/aromatic N) is 3. The second kappa shape index (κ2) is 10.5. The zero-order valence-corrected chi connectivity index (χ0v) is 20.1. The molecular formula is C28H33ClN4. The Balaban J connectivity index is 1.42. The van der Waals surface area contributed by atoms with Crippen molar-refractivity contribution in [3.63, 3.8) is 0 Å². The Kier molecular flexibility index (Phi) is 7.46. The molecule has 1 spiro atoms. The summed E-state index contributed by atoms with van der Waals surface area (Å²) in [5.41, 5.74) is 11.7. The van der Waals surface area contributed by atoms with Crippen molar-refractivity contribution in [3.8, 4) is 0 Å². The zero-order valence-electron chi connectivity index (χ0n) is 19.4. The number of amidine groups is 1. The lowest BCUT2D eigenvalue weighted by Gasteiger charge is -2.43. The highest BCUT2D eigenvalue weighted by molar-refractivity contribution is 6.33. The number of hydrogen-bond donors (Lipinski definition) is 1. The van der Waals surface area contributed by atoms with E-state index in [9.17, 15) is 0 Å². The maximum atomic E-state index is 6.82. The zero-order chi connectivity index (χ0) is 23.3. The van der Waals surface area contributed by atoms with E-state index in [0.717, 1.165) is 67.2 Å². The monoisotopic (exact) mass is 460 g/mol. The van der Waals surface area contributed by atoms with E-state index >= 15 is 0 Å². The lowest BCUT2D eigenvalue weighted by Crippen LogP contribution is -2.49. The molecular weight excluding hydrogens is 428 g/mol. The van der Waals surface area contributed by atoms with Crippen molar-refractivity contribution in [1.29, 1.82) is 0 Å². The highest BCUT2D eigenvalue weighted by atomic mass is 35.5. The molecule has 1 atom stereocenters. The van der Waals surface area contributed by atoms with E-state index in [0.29, 0.717) is 0 Å². The van der Waals surface area contributed by atoms with Gasteiger partial charge >= 0.3 is 0 Å². The van der Waals surface area contributed by atoms with Gasteiger partial charge in [0.15, 0.2) is 0 Å². The largest absolute Gasteiger partial charge is 0.357 e. The summed E-state index contributed by atoms with van der Waals surface area (Å²) in [6, 6.07) is 6.04. The summed E-state index contributed by atoms with van der Waals surface area (Å²) >= 11 is 6.36. The van der Waals surface area contributed by atoms with Crippen LogP contribution in [0.2, 0.25) is 5.02 Å². The molecule has 0 aromatic heterocycles. The predicted octanol–water partition coefficient (Wildman–Crippen LogP) is 6.14. The van der Waals surface area contributed by atoms with Gasteiger partial charge in [-0.1, -0.05) is 60.7 Å². The molecule has 0 radical (unpaired) electrons. The van der Waals surface area contributed by atoms with Crippen molar-refractivity contribution in [3.05, 3.63) is 94.9 Å². The van der Waals surface area contributed by atoms with Crippen LogP contribution in [-0.2, 0) is 0 Å². The van der Waals surface area contributed by atoms with Gasteiger partial charge in [0.1, 0.15) is 5.84 Å². The van der Waals surface area contributed by atoms with Gasteiger partial charge in [0, 0.05) is 43.3 Å². The van der Waals surface area contributed by atoms with Crippen molar-refractivity contribution in [2.75, 3.05) is 13.1 Å². The summed E-state index contributed by atoms with van der Waals surface area (Å²) in [6.45, 7) is 7.63. The minimum absolute atomic E-state index is 0.104. The molecule has 172 valence electrons. The lowest BCUT2D eigenvalue weighted by molar-refractivity contribution is 0.140. The standard InChI is InChI=1S/C28H33ClN4/c1-3-32-25(13-16-31-20-23-11-8-9-21(2)26(23)29)33-17-14-28(15-18-33)19-22-10-6-4-5-7-12-24(22)27(28)30/h3,6-13,16,20,27H,1,4-5,14-15,17-19,30H2,2H3/b10-6+,12-7-,16-13+,31-20+,32-25+. The number of nitrogens with two attached hydrogens (primary N) is 1. The molecule has 1 unspecified atom stereocenters. The summed E-state index contributed by atoms with van der Waals surface area (Å²) in [5, 5.41) is 0.733. The third-order valence-corrected chi connectivity index (χ3v) is 7.59. The maximum absolute atomic E-state index is 6.82. The molecule has 2 N–H and O–H groups in total. The molecule has 2 aliphatic carbocycles. The number of hydrogen-bond acceptors (Lipinski definition) is 3. The van der Waals surface area contributed by atoms with Gasteiger partial charge in [0.25, 0.3) is 0 Å². The van der Waals surface area contributed by atoms with E-state index in [-0.39, 0.29) is 11.5 Å². The minimum Gasteiger partial charge on any atom is -0.357 e. The Labute approximate surface area is 202 Å². The van der Waals surface area contributed by atoms with Crippen LogP contribution in [0.3, 0.4) is 0 Å². The van der Waals surface area contributed by atoms with Gasteiger partial charge < -0.3 is 10.6 Å². The fourth-order valence-electron chi connectivity index (χ4n) is 5.11. The molecule has 1 aromatic carbocycles. The first-order valence-electron chi connectivity index (χ1n) is 11.7. The summed E-state index contributed by atoms with van der Waals surface area (Å²) in [4.78, 5) is 11.3. The van der Waals surface area contributed by atoms with Crippen LogP contribution in [0, 0.1) is 12.3 Å². The maximum Gasteiger partial charge on any atom is 0.129 e. The summed E-state index contributed by atoms with van der Waals surface area (Å²) in [6.07, 6.45) is 21.6. The van der Waals surface area contributed by atoms with E-state index in [1.54, 1.807) is 18.6 Å². The number of aryl methyl sites for hydroxylation is 1. The van der Waals surface area contributed by atoms with E-state index in [1.165, 1.54) is 11.1 Å². The predicted molar refractivity (Wildman–Crippen MR) is 141 cm³/mol. The molecule has 0 bridgehead atoms. The van der Waals surface area contributed by atoms with Crippen molar-refractivity contribution in [2.24, 2.45) is 21.1 Å². The quantitative estimate of drug-likeness (QED) is 0.433. The van der Waals surface area contributed by atoms with E-state index in [4.69, 9.17) is 17.3 Å². The van der Waals surface area contributed by atoms with Crippen LogP contribution < -0.4 is 5.73 Å². The molecule has 0 amide bonds. The molecule has 1 heterocycles. The number of likely N-dealkylation sites (tertiary alicyclic amines) is 1. The molecule has 1 aromatic rings. The first-order chi connectivity index (χ1) is 16.0. The molecule has 0 saturated carbocycles. The fourth-order valence-corrected chi connectivity index (χ4v) is 5.29. The second-order valence-corrected chi connectivity index (χ2v) is 9.49. The first-order valence-corrected chi connectivity index (χ1v) is 12.1. The fraction of sp³-hybridized carbons (Fsp3) is 0.357. The molecule has 4 rings (SSSR count). The first kappa shape index (κ1) is 23.5. The summed E-state index contributed by atoms with van der Waals surface area (Å²) < 4.78 is 0. The Bertz CT molecular complexity index is 1070. The van der Waals surface area contributed by atoms with Crippen LogP contribution >= 0.6 is 11.6 Å². The second-order valence-electron chi connectivity index (χ2n) is 9.11. The number of aliphatic imine (C=N–C) groups is 2. The van der Waals surface area contributed by atoms with Crippen molar-refractivity contribution < 1.29 is 0 Å². The molecule has 33 heavy (non-hydrogen) atoms. The van der Waals surface area contributed by atoms with Crippen LogP contribution in [0.25, 0.3) is 0 Å². The van der Waals surface area contributed by atoms with E-state index in [1.807, 2.05) is 31.2 Å². The lowest BCUT2D eigenvalue weighted by atomic mass is 9.72. The van der Waals surface area contributed by atoms with Gasteiger partial charge in [-0.05, 0) is 67.2 Å². The highest BCUT2D eigenvalue weighted by Gasteiger charge is 2.46. The van der Waals surface area contributed by atoms with Crippen LogP contribution in [0.1, 0.15) is 43.2 Å². The Hall–Kier alpha value is -2.69. The number of piperidine rings is 1. The van der Waals surface area contributed by atoms with E-state index < -0.39 is 0 Å². The number of benzene rings is 1. The number of rotatable bonds is 4. The highest BCUT2D eigenvalue weighted by Crippen LogP contribution is 2.49. The number of allylic oxidation sites excluding steroid dienone is 4. The Morgan fingerprint density at radius 3 is 2.73 bits per heavy atom. The average molecular weight is 461 g/mol. The molecule has 1 aliphatic heterocycles. The van der Waals surface area contributed by atoms with E-state index in [2.05, 4.69) is 45.8 Å². The molecule has 3 aliphatic rings. The minimum atomic E-state index is 0.104. The van der Waals surface area contributed by atoms with Gasteiger partial charge in [-0.2, -0.15) is 0 Å². The van der Waals surface area contributed by atoms with Gasteiger partial charge in [0.05, 0.1) is 5.02 Å². The third-order valence-electron chi connectivity index (χ3n) is 7.08. The van der Waals surface area contributed by atoms with Crippen molar-refractivity contribution in [2.45, 2.75) is 45.1 Å². The van der Waals surface area contributed by atoms with Gasteiger partial charge in [-0.25, -0.2) is 4.99 Å². The van der Waals surface area contributed by atoms with Crippen LogP contribution in [0.4, 0.5) is 0 Å². The normalized spacial score (nSPS) is 24.9.